The predicted octanol–water partition coefficient (Wildman–Crippen LogP) is 3.73. The Morgan fingerprint density at radius 2 is 1.96 bits per heavy atom. The largest absolute Gasteiger partial charge is 0.311 e. The van der Waals surface area contributed by atoms with E-state index in [0.717, 1.165) is 62.0 Å². The van der Waals surface area contributed by atoms with E-state index in [0.29, 0.717) is 0 Å². The van der Waals surface area contributed by atoms with E-state index in [1.165, 1.54) is 5.56 Å². The second-order valence-electron chi connectivity index (χ2n) is 6.13. The Hall–Kier alpha value is -1.36. The van der Waals surface area contributed by atoms with Crippen molar-refractivity contribution in [1.82, 2.24) is 20.0 Å². The Labute approximate surface area is 150 Å². The van der Waals surface area contributed by atoms with Gasteiger partial charge >= 0.3 is 0 Å². The molecule has 0 saturated carbocycles. The molecular formula is C19H29ClN4. The molecule has 0 saturated heterocycles. The van der Waals surface area contributed by atoms with Crippen LogP contribution in [-0.2, 0) is 26.1 Å². The number of benzene rings is 1. The lowest BCUT2D eigenvalue weighted by molar-refractivity contribution is 0.319. The van der Waals surface area contributed by atoms with Crippen LogP contribution in [0.3, 0.4) is 0 Å². The molecule has 1 aromatic carbocycles. The fourth-order valence-electron chi connectivity index (χ4n) is 2.84. The molecule has 0 aliphatic carbocycles. The lowest BCUT2D eigenvalue weighted by Gasteiger charge is -2.16. The molecule has 1 N–H and O–H groups in total. The zero-order chi connectivity index (χ0) is 17.4. The fraction of sp³-hybridized carbons (Fsp3) is 0.526. The quantitative estimate of drug-likeness (QED) is 0.664. The number of aryl methyl sites for hydroxylation is 2. The Morgan fingerprint density at radius 3 is 2.62 bits per heavy atom. The molecular weight excluding hydrogens is 320 g/mol. The van der Waals surface area contributed by atoms with E-state index in [1.54, 1.807) is 0 Å². The minimum Gasteiger partial charge on any atom is -0.311 e. The normalized spacial score (nSPS) is 11.4. The smallest absolute Gasteiger partial charge is 0.0863 e. The summed E-state index contributed by atoms with van der Waals surface area (Å²) in [5.74, 6) is 0. The van der Waals surface area contributed by atoms with Crippen LogP contribution in [-0.4, -0.2) is 34.8 Å². The lowest BCUT2D eigenvalue weighted by Crippen LogP contribution is -2.24. The summed E-state index contributed by atoms with van der Waals surface area (Å²) in [7, 11) is 2.17. The first-order valence-corrected chi connectivity index (χ1v) is 9.20. The minimum atomic E-state index is 0.780. The van der Waals surface area contributed by atoms with Gasteiger partial charge in [0.25, 0.3) is 0 Å². The van der Waals surface area contributed by atoms with Gasteiger partial charge in [0.15, 0.2) is 0 Å². The number of hydrogen-bond acceptors (Lipinski definition) is 3. The number of hydrogen-bond donors (Lipinski definition) is 1. The minimum absolute atomic E-state index is 0.780. The molecule has 5 heteroatoms. The molecule has 2 aromatic rings. The molecule has 0 aliphatic heterocycles. The highest BCUT2D eigenvalue weighted by molar-refractivity contribution is 6.31. The zero-order valence-corrected chi connectivity index (χ0v) is 15.8. The van der Waals surface area contributed by atoms with Gasteiger partial charge in [-0.25, -0.2) is 0 Å². The molecule has 1 aromatic heterocycles. The van der Waals surface area contributed by atoms with Crippen LogP contribution in [0.4, 0.5) is 0 Å². The average Bonchev–Trinajstić information content (AvgIpc) is 2.91. The highest BCUT2D eigenvalue weighted by Crippen LogP contribution is 2.21. The zero-order valence-electron chi connectivity index (χ0n) is 15.1. The first-order chi connectivity index (χ1) is 11.7. The molecule has 1 heterocycles. The van der Waals surface area contributed by atoms with Crippen molar-refractivity contribution in [2.24, 2.45) is 0 Å². The fourth-order valence-corrected chi connectivity index (χ4v) is 3.18. The summed E-state index contributed by atoms with van der Waals surface area (Å²) in [6.45, 7) is 8.88. The Bertz CT molecular complexity index is 609. The van der Waals surface area contributed by atoms with E-state index < -0.39 is 0 Å². The van der Waals surface area contributed by atoms with E-state index in [1.807, 2.05) is 4.68 Å². The molecule has 0 bridgehead atoms. The number of rotatable bonds is 10. The van der Waals surface area contributed by atoms with Crippen LogP contribution in [0.25, 0.3) is 0 Å². The van der Waals surface area contributed by atoms with Crippen LogP contribution in [0.1, 0.15) is 37.2 Å². The third-order valence-corrected chi connectivity index (χ3v) is 4.61. The number of halogens is 1. The first-order valence-electron chi connectivity index (χ1n) is 8.82. The second-order valence-corrected chi connectivity index (χ2v) is 6.51. The molecule has 132 valence electrons. The Balaban J connectivity index is 1.71. The predicted molar refractivity (Wildman–Crippen MR) is 101 cm³/mol. The van der Waals surface area contributed by atoms with Crippen molar-refractivity contribution in [2.45, 2.75) is 46.3 Å². The van der Waals surface area contributed by atoms with Crippen molar-refractivity contribution >= 4 is 11.6 Å². The van der Waals surface area contributed by atoms with E-state index in [2.05, 4.69) is 66.5 Å². The number of aromatic nitrogens is 2. The van der Waals surface area contributed by atoms with Crippen LogP contribution in [0, 0.1) is 0 Å². The van der Waals surface area contributed by atoms with Crippen molar-refractivity contribution in [1.29, 1.82) is 0 Å². The maximum Gasteiger partial charge on any atom is 0.0863 e. The molecule has 0 unspecified atom stereocenters. The third kappa shape index (κ3) is 5.33. The summed E-state index contributed by atoms with van der Waals surface area (Å²) in [4.78, 5) is 2.36. The van der Waals surface area contributed by atoms with Crippen LogP contribution >= 0.6 is 11.6 Å². The summed E-state index contributed by atoms with van der Waals surface area (Å²) < 4.78 is 2.01. The van der Waals surface area contributed by atoms with Gasteiger partial charge in [-0.15, -0.1) is 0 Å². The monoisotopic (exact) mass is 348 g/mol. The average molecular weight is 349 g/mol. The molecule has 0 aliphatic rings. The van der Waals surface area contributed by atoms with E-state index >= 15 is 0 Å². The third-order valence-electron chi connectivity index (χ3n) is 4.18. The molecule has 0 spiro atoms. The highest BCUT2D eigenvalue weighted by atomic mass is 35.5. The van der Waals surface area contributed by atoms with E-state index in [9.17, 15) is 0 Å². The van der Waals surface area contributed by atoms with Gasteiger partial charge < -0.3 is 10.2 Å². The standard InChI is InChI=1S/C19H29ClN4/c1-4-17-19(20)18(24(5-2)22-17)14-21-12-9-13-23(3)15-16-10-7-6-8-11-16/h6-8,10-11,21H,4-5,9,12-15H2,1-3H3. The summed E-state index contributed by atoms with van der Waals surface area (Å²) in [6, 6.07) is 10.6. The SMILES string of the molecule is CCc1nn(CC)c(CNCCCN(C)Cc2ccccc2)c1Cl. The number of nitrogens with one attached hydrogen (secondary N) is 1. The summed E-state index contributed by atoms with van der Waals surface area (Å²) >= 11 is 6.43. The molecule has 0 fully saturated rings. The maximum atomic E-state index is 6.43. The van der Waals surface area contributed by atoms with Crippen molar-refractivity contribution in [3.05, 3.63) is 52.3 Å². The topological polar surface area (TPSA) is 33.1 Å². The summed E-state index contributed by atoms with van der Waals surface area (Å²) in [5, 5.41) is 8.89. The van der Waals surface area contributed by atoms with Gasteiger partial charge in [0, 0.05) is 19.6 Å². The van der Waals surface area contributed by atoms with E-state index in [4.69, 9.17) is 11.6 Å². The highest BCUT2D eigenvalue weighted by Gasteiger charge is 2.13. The van der Waals surface area contributed by atoms with Gasteiger partial charge in [0.2, 0.25) is 0 Å². The molecule has 2 rings (SSSR count). The summed E-state index contributed by atoms with van der Waals surface area (Å²) in [6.07, 6.45) is 1.99. The van der Waals surface area contributed by atoms with Gasteiger partial charge in [-0.05, 0) is 45.5 Å². The van der Waals surface area contributed by atoms with Crippen LogP contribution in [0.2, 0.25) is 5.02 Å². The maximum absolute atomic E-state index is 6.43. The van der Waals surface area contributed by atoms with Crippen molar-refractivity contribution < 1.29 is 0 Å². The van der Waals surface area contributed by atoms with E-state index in [-0.39, 0.29) is 0 Å². The van der Waals surface area contributed by atoms with Crippen molar-refractivity contribution in [2.75, 3.05) is 20.1 Å². The molecule has 0 atom stereocenters. The first kappa shape index (κ1) is 19.0. The van der Waals surface area contributed by atoms with Gasteiger partial charge in [-0.1, -0.05) is 48.9 Å². The van der Waals surface area contributed by atoms with Crippen LogP contribution in [0.5, 0.6) is 0 Å². The molecule has 24 heavy (non-hydrogen) atoms. The van der Waals surface area contributed by atoms with Crippen LogP contribution in [0.15, 0.2) is 30.3 Å². The molecule has 0 amide bonds. The Kier molecular flexibility index (Phi) is 7.76. The number of nitrogens with zero attached hydrogens (tertiary/aromatic N) is 3. The molecule has 4 nitrogen and oxygen atoms in total. The van der Waals surface area contributed by atoms with Gasteiger partial charge in [0.05, 0.1) is 16.4 Å². The van der Waals surface area contributed by atoms with Crippen molar-refractivity contribution in [3.63, 3.8) is 0 Å². The van der Waals surface area contributed by atoms with Crippen molar-refractivity contribution in [3.8, 4) is 0 Å². The van der Waals surface area contributed by atoms with Crippen LogP contribution < -0.4 is 5.32 Å². The lowest BCUT2D eigenvalue weighted by atomic mass is 10.2. The summed E-state index contributed by atoms with van der Waals surface area (Å²) in [5.41, 5.74) is 3.46. The van der Waals surface area contributed by atoms with Gasteiger partial charge in [0.1, 0.15) is 0 Å². The van der Waals surface area contributed by atoms with Gasteiger partial charge in [-0.2, -0.15) is 5.10 Å². The Morgan fingerprint density at radius 1 is 1.21 bits per heavy atom. The molecule has 0 radical (unpaired) electrons. The second kappa shape index (κ2) is 9.82. The van der Waals surface area contributed by atoms with Gasteiger partial charge in [-0.3, -0.25) is 4.68 Å².